The summed E-state index contributed by atoms with van der Waals surface area (Å²) in [7, 11) is 2.05. The second-order valence-corrected chi connectivity index (χ2v) is 10.6. The molecule has 2 unspecified atom stereocenters. The molecule has 44 heavy (non-hydrogen) atoms. The first-order valence-electron chi connectivity index (χ1n) is 13.3. The van der Waals surface area contributed by atoms with Gasteiger partial charge in [-0.3, -0.25) is 29.0 Å². The SMILES string of the molecule is Nc1nc2c(ncn2[C@@H]2O[C@H](CCC(O)OC[C@H]3[C@H](F)[C@H](n4cnc5c(=O)[nH]cnc54)O[C@@H]3COP)[C@@H](F)[C@H]2OO)c(=O)[nH]1. The molecule has 4 aromatic rings. The lowest BCUT2D eigenvalue weighted by molar-refractivity contribution is -0.300. The van der Waals surface area contributed by atoms with Gasteiger partial charge in [-0.25, -0.2) is 28.6 Å². The predicted octanol–water partition coefficient (Wildman–Crippen LogP) is -0.298. The fourth-order valence-corrected chi connectivity index (χ4v) is 5.69. The maximum Gasteiger partial charge on any atom is 0.280 e. The summed E-state index contributed by atoms with van der Waals surface area (Å²) in [5.41, 5.74) is 4.56. The minimum absolute atomic E-state index is 0.0114. The van der Waals surface area contributed by atoms with Crippen molar-refractivity contribution in [2.75, 3.05) is 18.9 Å². The number of nitrogen functional groups attached to an aromatic ring is 1. The van der Waals surface area contributed by atoms with Crippen molar-refractivity contribution in [3.8, 4) is 0 Å². The molecule has 2 fully saturated rings. The summed E-state index contributed by atoms with van der Waals surface area (Å²) in [5, 5.41) is 20.0. The fourth-order valence-electron chi connectivity index (χ4n) is 5.50. The lowest BCUT2D eigenvalue weighted by Gasteiger charge is -2.21. The van der Waals surface area contributed by atoms with Gasteiger partial charge in [-0.1, -0.05) is 0 Å². The Bertz CT molecular complexity index is 1740. The zero-order valence-corrected chi connectivity index (χ0v) is 23.8. The summed E-state index contributed by atoms with van der Waals surface area (Å²) in [6, 6.07) is 0. The molecule has 0 spiro atoms. The van der Waals surface area contributed by atoms with E-state index < -0.39 is 66.4 Å². The maximum absolute atomic E-state index is 15.7. The number of aliphatic hydroxyl groups excluding tert-OH is 1. The van der Waals surface area contributed by atoms with Gasteiger partial charge in [0.25, 0.3) is 11.1 Å². The van der Waals surface area contributed by atoms with Gasteiger partial charge in [0.2, 0.25) is 5.95 Å². The first-order valence-corrected chi connectivity index (χ1v) is 13.8. The van der Waals surface area contributed by atoms with Gasteiger partial charge in [0.1, 0.15) is 0 Å². The van der Waals surface area contributed by atoms with E-state index in [-0.39, 0.29) is 54.3 Å². The van der Waals surface area contributed by atoms with Crippen LogP contribution in [0.15, 0.2) is 28.6 Å². The molecule has 21 heteroatoms. The third kappa shape index (κ3) is 5.47. The van der Waals surface area contributed by atoms with Crippen LogP contribution < -0.4 is 16.9 Å². The molecule has 6 N–H and O–H groups in total. The average Bonchev–Trinajstić information content (AvgIpc) is 3.75. The van der Waals surface area contributed by atoms with E-state index in [0.717, 1.165) is 0 Å². The molecule has 2 aliphatic heterocycles. The summed E-state index contributed by atoms with van der Waals surface area (Å²) in [6.45, 7) is -0.318. The number of fused-ring (bicyclic) bond motifs is 2. The van der Waals surface area contributed by atoms with Gasteiger partial charge in [-0.05, 0) is 6.42 Å². The highest BCUT2D eigenvalue weighted by Crippen LogP contribution is 2.39. The van der Waals surface area contributed by atoms with Crippen LogP contribution in [-0.2, 0) is 23.6 Å². The highest BCUT2D eigenvalue weighted by molar-refractivity contribution is 7.09. The van der Waals surface area contributed by atoms with Gasteiger partial charge < -0.3 is 34.6 Å². The minimum Gasteiger partial charge on any atom is -0.369 e. The van der Waals surface area contributed by atoms with Crippen LogP contribution >= 0.6 is 9.47 Å². The van der Waals surface area contributed by atoms with E-state index in [9.17, 15) is 20.0 Å². The van der Waals surface area contributed by atoms with Gasteiger partial charge in [-0.15, -0.1) is 0 Å². The van der Waals surface area contributed by atoms with Crippen LogP contribution in [0.4, 0.5) is 14.7 Å². The number of anilines is 1. The van der Waals surface area contributed by atoms with Crippen molar-refractivity contribution in [2.45, 2.75) is 62.2 Å². The summed E-state index contributed by atoms with van der Waals surface area (Å²) in [4.78, 5) is 49.2. The quantitative estimate of drug-likeness (QED) is 0.0611. The molecule has 2 aliphatic rings. The van der Waals surface area contributed by atoms with Crippen molar-refractivity contribution in [3.63, 3.8) is 0 Å². The Kier molecular flexibility index (Phi) is 8.66. The van der Waals surface area contributed by atoms with Gasteiger partial charge in [0.05, 0.1) is 44.4 Å². The topological polar surface area (TPSA) is 240 Å². The first kappa shape index (κ1) is 30.5. The van der Waals surface area contributed by atoms with Gasteiger partial charge >= 0.3 is 0 Å². The number of nitrogens with two attached hydrogens (primary N) is 1. The molecule has 6 heterocycles. The zero-order valence-electron chi connectivity index (χ0n) is 22.6. The highest BCUT2D eigenvalue weighted by atomic mass is 31.0. The Labute approximate surface area is 246 Å². The number of imidazole rings is 2. The third-order valence-electron chi connectivity index (χ3n) is 7.66. The number of rotatable bonds is 11. The van der Waals surface area contributed by atoms with E-state index in [1.54, 1.807) is 0 Å². The molecule has 0 bridgehead atoms. The second-order valence-electron chi connectivity index (χ2n) is 10.3. The van der Waals surface area contributed by atoms with Crippen molar-refractivity contribution >= 4 is 37.7 Å². The van der Waals surface area contributed by atoms with Crippen LogP contribution in [0.25, 0.3) is 22.3 Å². The standard InChI is InChI=1S/C23H28F2N9O9P/c24-12-8(10(4-40-44)42-21(12)33-6-29-14-17(33)27-5-28-19(14)36)3-39-11(35)2-1-9-13(25)16(43-38)22(41-9)34-7-30-15-18(34)31-23(26)32-20(15)37/h5-13,16,21-22,35,38H,1-4,44H2,(H,27,28,36)(H3,26,31,32,37)/t8-,9-,10-,11?,12+,13-,16-,21-,22-/m1/s1. The molecule has 0 amide bonds. The molecular weight excluding hydrogens is 615 g/mol. The Hall–Kier alpha value is -3.49. The number of aliphatic hydroxyl groups is 1. The molecule has 18 nitrogen and oxygen atoms in total. The molecule has 0 saturated carbocycles. The number of hydrogen-bond acceptors (Lipinski definition) is 14. The maximum atomic E-state index is 15.7. The van der Waals surface area contributed by atoms with E-state index in [2.05, 4.69) is 44.3 Å². The Morgan fingerprint density at radius 3 is 2.45 bits per heavy atom. The van der Waals surface area contributed by atoms with Crippen LogP contribution in [0.1, 0.15) is 25.3 Å². The van der Waals surface area contributed by atoms with Crippen LogP contribution in [0, 0.1) is 5.92 Å². The third-order valence-corrected chi connectivity index (χ3v) is 7.86. The van der Waals surface area contributed by atoms with Crippen molar-refractivity contribution < 1.29 is 42.8 Å². The fraction of sp³-hybridized carbons (Fsp3) is 0.565. The Morgan fingerprint density at radius 1 is 1.02 bits per heavy atom. The molecular formula is C23H28F2N9O9P. The normalized spacial score (nSPS) is 29.7. The van der Waals surface area contributed by atoms with Gasteiger partial charge in [0.15, 0.2) is 59.5 Å². The smallest absolute Gasteiger partial charge is 0.280 e. The Morgan fingerprint density at radius 2 is 1.73 bits per heavy atom. The number of hydrogen-bond donors (Lipinski definition) is 5. The largest absolute Gasteiger partial charge is 0.369 e. The summed E-state index contributed by atoms with van der Waals surface area (Å²) < 4.78 is 55.7. The van der Waals surface area contributed by atoms with Crippen molar-refractivity contribution in [1.82, 2.24) is 39.0 Å². The molecule has 238 valence electrons. The second kappa shape index (κ2) is 12.5. The van der Waals surface area contributed by atoms with Gasteiger partial charge in [0, 0.05) is 21.8 Å². The van der Waals surface area contributed by atoms with Gasteiger partial charge in [-0.2, -0.15) is 4.98 Å². The van der Waals surface area contributed by atoms with E-state index >= 15 is 8.78 Å². The zero-order chi connectivity index (χ0) is 31.1. The molecule has 6 rings (SSSR count). The number of nitrogens with one attached hydrogen (secondary N) is 2. The van der Waals surface area contributed by atoms with E-state index in [0.29, 0.717) is 0 Å². The number of aromatic amines is 2. The van der Waals surface area contributed by atoms with Crippen LogP contribution in [0.3, 0.4) is 0 Å². The van der Waals surface area contributed by atoms with Crippen LogP contribution in [0.2, 0.25) is 0 Å². The molecule has 2 saturated heterocycles. The van der Waals surface area contributed by atoms with E-state index in [1.165, 1.54) is 28.1 Å². The summed E-state index contributed by atoms with van der Waals surface area (Å²) in [5.74, 6) is -1.11. The summed E-state index contributed by atoms with van der Waals surface area (Å²) >= 11 is 0. The number of aromatic nitrogens is 8. The first-order chi connectivity index (χ1) is 21.2. The minimum atomic E-state index is -1.86. The van der Waals surface area contributed by atoms with Crippen LogP contribution in [0.5, 0.6) is 0 Å². The molecule has 4 aromatic heterocycles. The molecule has 10 atom stereocenters. The number of H-pyrrole nitrogens is 2. The Balaban J connectivity index is 1.09. The number of alkyl halides is 2. The van der Waals surface area contributed by atoms with E-state index in [4.69, 9.17) is 24.5 Å². The van der Waals surface area contributed by atoms with Crippen molar-refractivity contribution in [3.05, 3.63) is 39.7 Å². The average molecular weight is 644 g/mol. The monoisotopic (exact) mass is 643 g/mol. The lowest BCUT2D eigenvalue weighted by Crippen LogP contribution is -2.32. The van der Waals surface area contributed by atoms with Crippen molar-refractivity contribution in [2.24, 2.45) is 5.92 Å². The molecule has 0 aliphatic carbocycles. The van der Waals surface area contributed by atoms with E-state index in [1.807, 2.05) is 0 Å². The molecule has 0 radical (unpaired) electrons. The van der Waals surface area contributed by atoms with Crippen LogP contribution in [-0.4, -0.2) is 99.6 Å². The number of nitrogens with zero attached hydrogens (tertiary/aromatic N) is 6. The predicted molar refractivity (Wildman–Crippen MR) is 146 cm³/mol. The number of ether oxygens (including phenoxy) is 3. The highest BCUT2D eigenvalue weighted by Gasteiger charge is 2.49. The number of halogens is 2. The molecule has 0 aromatic carbocycles. The summed E-state index contributed by atoms with van der Waals surface area (Å²) in [6.07, 6.45) is -7.57. The lowest BCUT2D eigenvalue weighted by atomic mass is 10.0. The van der Waals surface area contributed by atoms with Crippen molar-refractivity contribution in [1.29, 1.82) is 0 Å².